The van der Waals surface area contributed by atoms with Gasteiger partial charge in [-0.05, 0) is 24.6 Å². The van der Waals surface area contributed by atoms with Crippen LogP contribution in [0.5, 0.6) is 11.5 Å². The van der Waals surface area contributed by atoms with Gasteiger partial charge in [-0.3, -0.25) is 4.90 Å². The highest BCUT2D eigenvalue weighted by atomic mass is 16.7. The van der Waals surface area contributed by atoms with Gasteiger partial charge in [0.2, 0.25) is 6.79 Å². The normalized spacial score (nSPS) is 18.5. The lowest BCUT2D eigenvalue weighted by Crippen LogP contribution is -2.48. The van der Waals surface area contributed by atoms with E-state index in [1.54, 1.807) is 0 Å². The van der Waals surface area contributed by atoms with Crippen molar-refractivity contribution in [3.8, 4) is 11.5 Å². The number of hydrogen-bond donors (Lipinski definition) is 2. The number of carbonyl (C=O) groups is 1. The van der Waals surface area contributed by atoms with Crippen LogP contribution in [0, 0.1) is 0 Å². The van der Waals surface area contributed by atoms with Crippen LogP contribution in [0.4, 0.5) is 4.79 Å². The molecule has 1 aromatic rings. The van der Waals surface area contributed by atoms with Crippen molar-refractivity contribution >= 4 is 6.03 Å². The standard InChI is InChI=1S/C16H23N3O4/c1-12(19-4-6-21-7-5-19)9-17-16(20)18-10-13-2-3-14-15(8-13)23-11-22-14/h2-3,8,12H,4-7,9-11H2,1H3,(H2,17,18,20)/t12-/m0/s1. The summed E-state index contributed by atoms with van der Waals surface area (Å²) in [5, 5.41) is 5.77. The van der Waals surface area contributed by atoms with Gasteiger partial charge in [0.15, 0.2) is 11.5 Å². The topological polar surface area (TPSA) is 72.1 Å². The predicted octanol–water partition coefficient (Wildman–Crippen LogP) is 0.935. The Bertz CT molecular complexity index is 546. The molecule has 0 spiro atoms. The molecule has 1 saturated heterocycles. The molecule has 2 N–H and O–H groups in total. The predicted molar refractivity (Wildman–Crippen MR) is 84.7 cm³/mol. The molecule has 0 aliphatic carbocycles. The van der Waals surface area contributed by atoms with Crippen LogP contribution in [0.3, 0.4) is 0 Å². The van der Waals surface area contributed by atoms with Crippen molar-refractivity contribution in [1.29, 1.82) is 0 Å². The van der Waals surface area contributed by atoms with E-state index in [1.807, 2.05) is 18.2 Å². The van der Waals surface area contributed by atoms with Gasteiger partial charge < -0.3 is 24.8 Å². The minimum Gasteiger partial charge on any atom is -0.454 e. The fraction of sp³-hybridized carbons (Fsp3) is 0.562. The van der Waals surface area contributed by atoms with Gasteiger partial charge in [-0.2, -0.15) is 0 Å². The van der Waals surface area contributed by atoms with E-state index < -0.39 is 0 Å². The minimum atomic E-state index is -0.164. The Morgan fingerprint density at radius 1 is 1.22 bits per heavy atom. The molecule has 2 heterocycles. The van der Waals surface area contributed by atoms with Gasteiger partial charge in [-0.1, -0.05) is 6.07 Å². The Morgan fingerprint density at radius 3 is 2.83 bits per heavy atom. The zero-order valence-electron chi connectivity index (χ0n) is 13.3. The number of ether oxygens (including phenoxy) is 3. The fourth-order valence-electron chi connectivity index (χ4n) is 2.68. The molecule has 2 amide bonds. The number of hydrogen-bond acceptors (Lipinski definition) is 5. The van der Waals surface area contributed by atoms with E-state index in [0.29, 0.717) is 19.1 Å². The highest BCUT2D eigenvalue weighted by molar-refractivity contribution is 5.73. The van der Waals surface area contributed by atoms with E-state index >= 15 is 0 Å². The van der Waals surface area contributed by atoms with E-state index in [9.17, 15) is 4.79 Å². The Labute approximate surface area is 135 Å². The van der Waals surface area contributed by atoms with Gasteiger partial charge in [0.05, 0.1) is 13.2 Å². The summed E-state index contributed by atoms with van der Waals surface area (Å²) >= 11 is 0. The Kier molecular flexibility index (Phi) is 5.19. The molecular formula is C16H23N3O4. The third kappa shape index (κ3) is 4.27. The van der Waals surface area contributed by atoms with Crippen LogP contribution in [0.15, 0.2) is 18.2 Å². The molecule has 2 aliphatic heterocycles. The maximum absolute atomic E-state index is 11.9. The molecule has 1 aromatic carbocycles. The molecule has 0 radical (unpaired) electrons. The number of amides is 2. The third-order valence-electron chi connectivity index (χ3n) is 4.12. The quantitative estimate of drug-likeness (QED) is 0.844. The molecule has 1 atom stereocenters. The van der Waals surface area contributed by atoms with E-state index in [4.69, 9.17) is 14.2 Å². The summed E-state index contributed by atoms with van der Waals surface area (Å²) in [7, 11) is 0. The van der Waals surface area contributed by atoms with Gasteiger partial charge in [0.25, 0.3) is 0 Å². The number of urea groups is 1. The highest BCUT2D eigenvalue weighted by Crippen LogP contribution is 2.32. The third-order valence-corrected chi connectivity index (χ3v) is 4.12. The van der Waals surface area contributed by atoms with Crippen LogP contribution in [0.2, 0.25) is 0 Å². The van der Waals surface area contributed by atoms with Crippen LogP contribution in [0.25, 0.3) is 0 Å². The summed E-state index contributed by atoms with van der Waals surface area (Å²) < 4.78 is 15.9. The molecule has 2 aliphatic rings. The van der Waals surface area contributed by atoms with Crippen molar-refractivity contribution in [2.75, 3.05) is 39.6 Å². The average molecular weight is 321 g/mol. The first-order valence-electron chi connectivity index (χ1n) is 7.94. The van der Waals surface area contributed by atoms with Crippen molar-refractivity contribution in [3.05, 3.63) is 23.8 Å². The number of rotatable bonds is 5. The molecule has 0 saturated carbocycles. The molecule has 0 aromatic heterocycles. The Balaban J connectivity index is 1.39. The summed E-state index contributed by atoms with van der Waals surface area (Å²) in [5.74, 6) is 1.48. The number of morpholine rings is 1. The monoisotopic (exact) mass is 321 g/mol. The zero-order valence-corrected chi connectivity index (χ0v) is 13.3. The second-order valence-electron chi connectivity index (χ2n) is 5.75. The lowest BCUT2D eigenvalue weighted by Gasteiger charge is -2.32. The van der Waals surface area contributed by atoms with Gasteiger partial charge in [-0.25, -0.2) is 4.79 Å². The number of nitrogens with one attached hydrogen (secondary N) is 2. The van der Waals surface area contributed by atoms with E-state index in [2.05, 4.69) is 22.5 Å². The first-order chi connectivity index (χ1) is 11.2. The molecule has 7 nitrogen and oxygen atoms in total. The zero-order chi connectivity index (χ0) is 16.1. The molecule has 1 fully saturated rings. The fourth-order valence-corrected chi connectivity index (χ4v) is 2.68. The Hall–Kier alpha value is -1.99. The number of nitrogens with zero attached hydrogens (tertiary/aromatic N) is 1. The largest absolute Gasteiger partial charge is 0.454 e. The molecule has 7 heteroatoms. The minimum absolute atomic E-state index is 0.164. The smallest absolute Gasteiger partial charge is 0.315 e. The second-order valence-corrected chi connectivity index (χ2v) is 5.75. The van der Waals surface area contributed by atoms with Gasteiger partial charge in [-0.15, -0.1) is 0 Å². The van der Waals surface area contributed by atoms with Crippen LogP contribution >= 0.6 is 0 Å². The van der Waals surface area contributed by atoms with Gasteiger partial charge in [0, 0.05) is 32.2 Å². The van der Waals surface area contributed by atoms with E-state index in [1.165, 1.54) is 0 Å². The maximum atomic E-state index is 11.9. The van der Waals surface area contributed by atoms with Crippen LogP contribution in [-0.4, -0.2) is 56.6 Å². The SMILES string of the molecule is C[C@@H](CNC(=O)NCc1ccc2c(c1)OCO2)N1CCOCC1. The van der Waals surface area contributed by atoms with Crippen LogP contribution in [0.1, 0.15) is 12.5 Å². The molecule has 0 bridgehead atoms. The molecule has 3 rings (SSSR count). The highest BCUT2D eigenvalue weighted by Gasteiger charge is 2.17. The lowest BCUT2D eigenvalue weighted by molar-refractivity contribution is 0.0209. The number of benzene rings is 1. The van der Waals surface area contributed by atoms with Gasteiger partial charge in [0.1, 0.15) is 0 Å². The van der Waals surface area contributed by atoms with Crippen molar-refractivity contribution in [3.63, 3.8) is 0 Å². The first-order valence-corrected chi connectivity index (χ1v) is 7.94. The molecule has 0 unspecified atom stereocenters. The first kappa shape index (κ1) is 15.9. The maximum Gasteiger partial charge on any atom is 0.315 e. The van der Waals surface area contributed by atoms with E-state index in [-0.39, 0.29) is 12.8 Å². The van der Waals surface area contributed by atoms with Crippen molar-refractivity contribution < 1.29 is 19.0 Å². The lowest BCUT2D eigenvalue weighted by atomic mass is 10.2. The second kappa shape index (κ2) is 7.52. The van der Waals surface area contributed by atoms with Crippen LogP contribution in [-0.2, 0) is 11.3 Å². The number of fused-ring (bicyclic) bond motifs is 1. The summed E-state index contributed by atoms with van der Waals surface area (Å²) in [6.07, 6.45) is 0. The molecular weight excluding hydrogens is 298 g/mol. The van der Waals surface area contributed by atoms with E-state index in [0.717, 1.165) is 43.4 Å². The summed E-state index contributed by atoms with van der Waals surface area (Å²) in [5.41, 5.74) is 0.977. The summed E-state index contributed by atoms with van der Waals surface area (Å²) in [4.78, 5) is 14.2. The summed E-state index contributed by atoms with van der Waals surface area (Å²) in [6, 6.07) is 5.80. The number of carbonyl (C=O) groups excluding carboxylic acids is 1. The molecule has 23 heavy (non-hydrogen) atoms. The average Bonchev–Trinajstić information content (AvgIpc) is 3.06. The van der Waals surface area contributed by atoms with Crippen molar-refractivity contribution in [1.82, 2.24) is 15.5 Å². The van der Waals surface area contributed by atoms with Gasteiger partial charge >= 0.3 is 6.03 Å². The Morgan fingerprint density at radius 2 is 2.00 bits per heavy atom. The summed E-state index contributed by atoms with van der Waals surface area (Å²) in [6.45, 7) is 6.81. The van der Waals surface area contributed by atoms with Crippen molar-refractivity contribution in [2.45, 2.75) is 19.5 Å². The van der Waals surface area contributed by atoms with Crippen LogP contribution < -0.4 is 20.1 Å². The van der Waals surface area contributed by atoms with Crippen molar-refractivity contribution in [2.24, 2.45) is 0 Å². The molecule has 126 valence electrons.